The van der Waals surface area contributed by atoms with Gasteiger partial charge in [-0.25, -0.2) is 8.78 Å². The van der Waals surface area contributed by atoms with Crippen molar-refractivity contribution in [3.05, 3.63) is 68.7 Å². The van der Waals surface area contributed by atoms with Crippen molar-refractivity contribution in [2.75, 3.05) is 0 Å². The molecule has 0 spiro atoms. The van der Waals surface area contributed by atoms with Gasteiger partial charge in [-0.3, -0.25) is 4.79 Å². The normalized spacial score (nSPS) is 12.0. The van der Waals surface area contributed by atoms with Gasteiger partial charge in [0.1, 0.15) is 17.2 Å². The predicted octanol–water partition coefficient (Wildman–Crippen LogP) is 4.87. The highest BCUT2D eigenvalue weighted by molar-refractivity contribution is 9.10. The standard InChI is InChI=1S/C15H11BrClF2NO/c1-8(9-3-2-4-11(17)5-9)20-15(21)14-12(18)6-10(16)7-13(14)19/h2-8H,1H3,(H,20,21). The van der Waals surface area contributed by atoms with E-state index in [1.165, 1.54) is 0 Å². The lowest BCUT2D eigenvalue weighted by atomic mass is 10.1. The topological polar surface area (TPSA) is 29.1 Å². The second kappa shape index (κ2) is 6.54. The molecule has 1 amide bonds. The first-order valence-electron chi connectivity index (χ1n) is 6.09. The zero-order valence-corrected chi connectivity index (χ0v) is 13.3. The summed E-state index contributed by atoms with van der Waals surface area (Å²) in [6, 6.07) is 8.55. The van der Waals surface area contributed by atoms with E-state index in [-0.39, 0.29) is 4.47 Å². The van der Waals surface area contributed by atoms with Crippen LogP contribution in [0, 0.1) is 11.6 Å². The molecular formula is C15H11BrClF2NO. The molecule has 0 aliphatic heterocycles. The quantitative estimate of drug-likeness (QED) is 0.816. The van der Waals surface area contributed by atoms with E-state index in [0.29, 0.717) is 5.02 Å². The number of hydrogen-bond acceptors (Lipinski definition) is 1. The zero-order chi connectivity index (χ0) is 15.6. The van der Waals surface area contributed by atoms with E-state index in [0.717, 1.165) is 17.7 Å². The first-order valence-corrected chi connectivity index (χ1v) is 7.26. The Balaban J connectivity index is 2.22. The molecule has 1 unspecified atom stereocenters. The monoisotopic (exact) mass is 373 g/mol. The van der Waals surface area contributed by atoms with Gasteiger partial charge < -0.3 is 5.32 Å². The summed E-state index contributed by atoms with van der Waals surface area (Å²) in [4.78, 5) is 12.0. The number of carbonyl (C=O) groups is 1. The van der Waals surface area contributed by atoms with Gasteiger partial charge in [0.2, 0.25) is 0 Å². The summed E-state index contributed by atoms with van der Waals surface area (Å²) in [7, 11) is 0. The minimum atomic E-state index is -0.919. The molecule has 0 aromatic heterocycles. The molecule has 110 valence electrons. The molecule has 1 atom stereocenters. The Kier molecular flexibility index (Phi) is 4.96. The average Bonchev–Trinajstić information content (AvgIpc) is 2.37. The highest BCUT2D eigenvalue weighted by Crippen LogP contribution is 2.21. The lowest BCUT2D eigenvalue weighted by molar-refractivity contribution is 0.0931. The average molecular weight is 375 g/mol. The summed E-state index contributed by atoms with van der Waals surface area (Å²) in [6.45, 7) is 1.71. The smallest absolute Gasteiger partial charge is 0.257 e. The second-order valence-electron chi connectivity index (χ2n) is 4.49. The molecule has 0 saturated heterocycles. The van der Waals surface area contributed by atoms with Crippen molar-refractivity contribution < 1.29 is 13.6 Å². The fourth-order valence-corrected chi connectivity index (χ4v) is 2.49. The van der Waals surface area contributed by atoms with Crippen LogP contribution in [-0.4, -0.2) is 5.91 Å². The number of rotatable bonds is 3. The molecule has 2 aromatic rings. The summed E-state index contributed by atoms with van der Waals surface area (Å²) < 4.78 is 27.7. The summed E-state index contributed by atoms with van der Waals surface area (Å²) in [5, 5.41) is 3.07. The van der Waals surface area contributed by atoms with Crippen LogP contribution in [-0.2, 0) is 0 Å². The first-order chi connectivity index (χ1) is 9.88. The van der Waals surface area contributed by atoms with E-state index in [1.807, 2.05) is 0 Å². The first kappa shape index (κ1) is 15.9. The van der Waals surface area contributed by atoms with Crippen molar-refractivity contribution >= 4 is 33.4 Å². The van der Waals surface area contributed by atoms with Gasteiger partial charge >= 0.3 is 0 Å². The molecule has 0 radical (unpaired) electrons. The lowest BCUT2D eigenvalue weighted by Gasteiger charge is -2.15. The number of hydrogen-bond donors (Lipinski definition) is 1. The van der Waals surface area contributed by atoms with Gasteiger partial charge in [-0.15, -0.1) is 0 Å². The lowest BCUT2D eigenvalue weighted by Crippen LogP contribution is -2.28. The Morgan fingerprint density at radius 2 is 1.86 bits per heavy atom. The highest BCUT2D eigenvalue weighted by atomic mass is 79.9. The Hall–Kier alpha value is -1.46. The maximum absolute atomic E-state index is 13.7. The third-order valence-corrected chi connectivity index (χ3v) is 3.62. The molecule has 0 bridgehead atoms. The van der Waals surface area contributed by atoms with Gasteiger partial charge in [-0.05, 0) is 36.8 Å². The van der Waals surface area contributed by atoms with Crippen LogP contribution >= 0.6 is 27.5 Å². The number of halogens is 4. The van der Waals surface area contributed by atoms with Crippen LogP contribution in [0.15, 0.2) is 40.9 Å². The van der Waals surface area contributed by atoms with Crippen LogP contribution in [0.4, 0.5) is 8.78 Å². The van der Waals surface area contributed by atoms with Crippen LogP contribution in [0.3, 0.4) is 0 Å². The Morgan fingerprint density at radius 3 is 2.43 bits per heavy atom. The molecule has 0 aliphatic rings. The van der Waals surface area contributed by atoms with Crippen molar-refractivity contribution in [1.82, 2.24) is 5.32 Å². The van der Waals surface area contributed by atoms with E-state index >= 15 is 0 Å². The van der Waals surface area contributed by atoms with Gasteiger partial charge in [0.05, 0.1) is 6.04 Å². The summed E-state index contributed by atoms with van der Waals surface area (Å²) in [6.07, 6.45) is 0. The van der Waals surface area contributed by atoms with E-state index < -0.39 is 29.1 Å². The summed E-state index contributed by atoms with van der Waals surface area (Å²) in [5.74, 6) is -2.65. The maximum atomic E-state index is 13.7. The fourth-order valence-electron chi connectivity index (χ4n) is 1.89. The van der Waals surface area contributed by atoms with Crippen LogP contribution in [0.2, 0.25) is 5.02 Å². The molecule has 21 heavy (non-hydrogen) atoms. The van der Waals surface area contributed by atoms with Crippen molar-refractivity contribution in [1.29, 1.82) is 0 Å². The molecule has 2 rings (SSSR count). The largest absolute Gasteiger partial charge is 0.345 e. The minimum Gasteiger partial charge on any atom is -0.345 e. The Labute approximate surface area is 134 Å². The minimum absolute atomic E-state index is 0.233. The van der Waals surface area contributed by atoms with Crippen molar-refractivity contribution in [3.63, 3.8) is 0 Å². The van der Waals surface area contributed by atoms with Crippen molar-refractivity contribution in [2.45, 2.75) is 13.0 Å². The van der Waals surface area contributed by atoms with Crippen LogP contribution in [0.5, 0.6) is 0 Å². The van der Waals surface area contributed by atoms with Crippen LogP contribution in [0.25, 0.3) is 0 Å². The Morgan fingerprint density at radius 1 is 1.24 bits per heavy atom. The van der Waals surface area contributed by atoms with Gasteiger partial charge in [0.25, 0.3) is 5.91 Å². The Bertz CT molecular complexity index is 670. The number of carbonyl (C=O) groups excluding carboxylic acids is 1. The van der Waals surface area contributed by atoms with Gasteiger partial charge in [0.15, 0.2) is 0 Å². The zero-order valence-electron chi connectivity index (χ0n) is 11.0. The van der Waals surface area contributed by atoms with Crippen LogP contribution in [0.1, 0.15) is 28.9 Å². The SMILES string of the molecule is CC(NC(=O)c1c(F)cc(Br)cc1F)c1cccc(Cl)c1. The van der Waals surface area contributed by atoms with Crippen molar-refractivity contribution in [3.8, 4) is 0 Å². The third kappa shape index (κ3) is 3.80. The van der Waals surface area contributed by atoms with Gasteiger partial charge in [-0.1, -0.05) is 39.7 Å². The molecule has 0 heterocycles. The predicted molar refractivity (Wildman–Crippen MR) is 81.4 cm³/mol. The summed E-state index contributed by atoms with van der Waals surface area (Å²) >= 11 is 8.84. The third-order valence-electron chi connectivity index (χ3n) is 2.93. The maximum Gasteiger partial charge on any atom is 0.257 e. The molecule has 1 N–H and O–H groups in total. The van der Waals surface area contributed by atoms with E-state index in [2.05, 4.69) is 21.2 Å². The molecular weight excluding hydrogens is 364 g/mol. The van der Waals surface area contributed by atoms with Gasteiger partial charge in [0, 0.05) is 9.50 Å². The van der Waals surface area contributed by atoms with E-state index in [9.17, 15) is 13.6 Å². The molecule has 0 fully saturated rings. The van der Waals surface area contributed by atoms with E-state index in [1.54, 1.807) is 31.2 Å². The molecule has 0 aliphatic carbocycles. The number of nitrogens with one attached hydrogen (secondary N) is 1. The second-order valence-corrected chi connectivity index (χ2v) is 5.85. The number of benzene rings is 2. The fraction of sp³-hybridized carbons (Fsp3) is 0.133. The highest BCUT2D eigenvalue weighted by Gasteiger charge is 2.20. The number of amides is 1. The molecule has 2 nitrogen and oxygen atoms in total. The molecule has 6 heteroatoms. The van der Waals surface area contributed by atoms with Crippen LogP contribution < -0.4 is 5.32 Å². The van der Waals surface area contributed by atoms with E-state index in [4.69, 9.17) is 11.6 Å². The molecule has 2 aromatic carbocycles. The summed E-state index contributed by atoms with van der Waals surface area (Å²) in [5.41, 5.74) is 0.140. The molecule has 0 saturated carbocycles. The van der Waals surface area contributed by atoms with Gasteiger partial charge in [-0.2, -0.15) is 0 Å². The van der Waals surface area contributed by atoms with Crippen molar-refractivity contribution in [2.24, 2.45) is 0 Å².